The number of nitrogens with zero attached hydrogens (tertiary/aromatic N) is 3. The molecular weight excluding hydrogens is 481 g/mol. The maximum Gasteiger partial charge on any atom is 0.418 e. The molecule has 0 bridgehead atoms. The van der Waals surface area contributed by atoms with Gasteiger partial charge in [-0.3, -0.25) is 9.79 Å². The molecule has 1 amide bonds. The van der Waals surface area contributed by atoms with Crippen LogP contribution < -0.4 is 14.8 Å². The summed E-state index contributed by atoms with van der Waals surface area (Å²) in [6.45, 7) is 2.06. The van der Waals surface area contributed by atoms with Crippen molar-refractivity contribution >= 4 is 40.4 Å². The molecule has 0 spiro atoms. The summed E-state index contributed by atoms with van der Waals surface area (Å²) in [5.41, 5.74) is 0.332. The fourth-order valence-electron chi connectivity index (χ4n) is 2.70. The number of carbonyl (C=O) groups is 1. The SMILES string of the molecule is COc1ccc(C/N=C(/C)c2ncc(C(=O)Nc3cc(C(F)(F)F)c(Cl)cn3)s2)c(OC)c1. The summed E-state index contributed by atoms with van der Waals surface area (Å²) in [7, 11) is 3.11. The first-order chi connectivity index (χ1) is 15.6. The number of anilines is 1. The highest BCUT2D eigenvalue weighted by molar-refractivity contribution is 7.15. The second kappa shape index (κ2) is 10.2. The van der Waals surface area contributed by atoms with Gasteiger partial charge in [0.2, 0.25) is 0 Å². The van der Waals surface area contributed by atoms with Gasteiger partial charge in [-0.2, -0.15) is 13.2 Å². The minimum atomic E-state index is -4.67. The average Bonchev–Trinajstić information content (AvgIpc) is 3.28. The molecule has 3 aromatic rings. The number of halogens is 4. The Morgan fingerprint density at radius 2 is 1.94 bits per heavy atom. The summed E-state index contributed by atoms with van der Waals surface area (Å²) in [6, 6.07) is 6.06. The molecule has 0 saturated heterocycles. The normalized spacial score (nSPS) is 11.9. The van der Waals surface area contributed by atoms with Crippen molar-refractivity contribution in [3.05, 3.63) is 62.7 Å². The van der Waals surface area contributed by atoms with E-state index in [4.69, 9.17) is 21.1 Å². The molecule has 3 rings (SSSR count). The lowest BCUT2D eigenvalue weighted by Gasteiger charge is -2.10. The zero-order valence-corrected chi connectivity index (χ0v) is 19.2. The predicted octanol–water partition coefficient (Wildman–Crippen LogP) is 5.49. The molecular formula is C21H18ClF3N4O3S. The molecule has 0 aliphatic rings. The Balaban J connectivity index is 1.72. The van der Waals surface area contributed by atoms with E-state index in [1.54, 1.807) is 33.3 Å². The molecule has 0 saturated carbocycles. The van der Waals surface area contributed by atoms with Crippen molar-refractivity contribution in [3.8, 4) is 11.5 Å². The van der Waals surface area contributed by atoms with Crippen LogP contribution in [0, 0.1) is 0 Å². The molecule has 0 fully saturated rings. The molecule has 0 atom stereocenters. The van der Waals surface area contributed by atoms with E-state index < -0.39 is 22.7 Å². The average molecular weight is 499 g/mol. The maximum atomic E-state index is 13.0. The van der Waals surface area contributed by atoms with Crippen molar-refractivity contribution in [1.82, 2.24) is 9.97 Å². The van der Waals surface area contributed by atoms with Crippen LogP contribution in [0.1, 0.15) is 32.7 Å². The highest BCUT2D eigenvalue weighted by Crippen LogP contribution is 2.35. The van der Waals surface area contributed by atoms with E-state index in [-0.39, 0.29) is 10.7 Å². The number of nitrogens with one attached hydrogen (secondary N) is 1. The lowest BCUT2D eigenvalue weighted by Crippen LogP contribution is -2.13. The molecule has 2 heterocycles. The first-order valence-corrected chi connectivity index (χ1v) is 10.5. The Morgan fingerprint density at radius 3 is 2.61 bits per heavy atom. The number of hydrogen-bond acceptors (Lipinski definition) is 7. The van der Waals surface area contributed by atoms with Crippen molar-refractivity contribution in [3.63, 3.8) is 0 Å². The molecule has 174 valence electrons. The van der Waals surface area contributed by atoms with Crippen LogP contribution in [0.3, 0.4) is 0 Å². The third-order valence-corrected chi connectivity index (χ3v) is 5.83. The number of ether oxygens (including phenoxy) is 2. The Hall–Kier alpha value is -3.18. The van der Waals surface area contributed by atoms with Crippen LogP contribution >= 0.6 is 22.9 Å². The number of aliphatic imine (C=N–C) groups is 1. The lowest BCUT2D eigenvalue weighted by molar-refractivity contribution is -0.137. The van der Waals surface area contributed by atoms with Gasteiger partial charge in [-0.05, 0) is 25.1 Å². The fraction of sp³-hybridized carbons (Fsp3) is 0.238. The zero-order chi connectivity index (χ0) is 24.2. The Bertz CT molecular complexity index is 1200. The third kappa shape index (κ3) is 5.99. The fourth-order valence-corrected chi connectivity index (χ4v) is 3.69. The number of aromatic nitrogens is 2. The molecule has 1 N–H and O–H groups in total. The quantitative estimate of drug-likeness (QED) is 0.435. The smallest absolute Gasteiger partial charge is 0.418 e. The van der Waals surface area contributed by atoms with Crippen LogP contribution in [-0.4, -0.2) is 35.8 Å². The van der Waals surface area contributed by atoms with Crippen LogP contribution in [0.15, 0.2) is 41.7 Å². The van der Waals surface area contributed by atoms with E-state index in [9.17, 15) is 18.0 Å². The number of rotatable bonds is 7. The van der Waals surface area contributed by atoms with Gasteiger partial charge >= 0.3 is 6.18 Å². The van der Waals surface area contributed by atoms with Gasteiger partial charge in [0.1, 0.15) is 27.2 Å². The van der Waals surface area contributed by atoms with E-state index in [1.165, 1.54) is 6.20 Å². The first kappa shape index (κ1) is 24.5. The molecule has 1 aromatic carbocycles. The summed E-state index contributed by atoms with van der Waals surface area (Å²) < 4.78 is 49.5. The Kier molecular flexibility index (Phi) is 7.54. The Labute approximate surface area is 196 Å². The number of pyridine rings is 1. The molecule has 7 nitrogen and oxygen atoms in total. The zero-order valence-electron chi connectivity index (χ0n) is 17.7. The predicted molar refractivity (Wildman–Crippen MR) is 120 cm³/mol. The summed E-state index contributed by atoms with van der Waals surface area (Å²) in [5, 5.41) is 2.27. The van der Waals surface area contributed by atoms with E-state index in [2.05, 4.69) is 20.3 Å². The van der Waals surface area contributed by atoms with Crippen molar-refractivity contribution in [2.24, 2.45) is 4.99 Å². The van der Waals surface area contributed by atoms with Gasteiger partial charge in [0, 0.05) is 17.8 Å². The van der Waals surface area contributed by atoms with Crippen LogP contribution in [0.4, 0.5) is 19.0 Å². The lowest BCUT2D eigenvalue weighted by atomic mass is 10.2. The minimum Gasteiger partial charge on any atom is -0.497 e. The van der Waals surface area contributed by atoms with Gasteiger partial charge in [0.25, 0.3) is 5.91 Å². The van der Waals surface area contributed by atoms with Gasteiger partial charge in [-0.15, -0.1) is 11.3 Å². The summed E-state index contributed by atoms with van der Waals surface area (Å²) >= 11 is 6.60. The molecule has 33 heavy (non-hydrogen) atoms. The molecule has 0 unspecified atom stereocenters. The van der Waals surface area contributed by atoms with Gasteiger partial charge < -0.3 is 14.8 Å². The van der Waals surface area contributed by atoms with E-state index in [0.29, 0.717) is 34.8 Å². The van der Waals surface area contributed by atoms with Crippen LogP contribution in [0.2, 0.25) is 5.02 Å². The third-order valence-electron chi connectivity index (χ3n) is 4.42. The summed E-state index contributed by atoms with van der Waals surface area (Å²) in [4.78, 5) is 25.1. The topological polar surface area (TPSA) is 85.7 Å². The highest BCUT2D eigenvalue weighted by atomic mass is 35.5. The van der Waals surface area contributed by atoms with Gasteiger partial charge in [-0.25, -0.2) is 9.97 Å². The van der Waals surface area contributed by atoms with E-state index in [0.717, 1.165) is 23.1 Å². The first-order valence-electron chi connectivity index (χ1n) is 9.34. The number of alkyl halides is 3. The maximum absolute atomic E-state index is 13.0. The van der Waals surface area contributed by atoms with Crippen molar-refractivity contribution in [2.75, 3.05) is 19.5 Å². The second-order valence-corrected chi connectivity index (χ2v) is 8.05. The van der Waals surface area contributed by atoms with Gasteiger partial charge in [0.15, 0.2) is 0 Å². The standard InChI is InChI=1S/C21H18ClF3N4O3S/c1-11(26-8-12-4-5-13(31-2)6-16(12)32-3)20-28-10-17(33-20)19(30)29-18-7-14(21(23,24)25)15(22)9-27-18/h4-7,9-10H,8H2,1-3H3,(H,27,29,30)/b26-11-. The molecule has 0 radical (unpaired) electrons. The minimum absolute atomic E-state index is 0.187. The highest BCUT2D eigenvalue weighted by Gasteiger charge is 2.34. The number of carbonyl (C=O) groups excluding carboxylic acids is 1. The van der Waals surface area contributed by atoms with Crippen LogP contribution in [0.25, 0.3) is 0 Å². The number of amides is 1. The van der Waals surface area contributed by atoms with Gasteiger partial charge in [0.05, 0.1) is 43.3 Å². The molecule has 2 aromatic heterocycles. The second-order valence-electron chi connectivity index (χ2n) is 6.61. The van der Waals surface area contributed by atoms with E-state index in [1.807, 2.05) is 6.07 Å². The number of thiazole rings is 1. The largest absolute Gasteiger partial charge is 0.497 e. The van der Waals surface area contributed by atoms with Gasteiger partial charge in [-0.1, -0.05) is 11.6 Å². The molecule has 0 aliphatic heterocycles. The van der Waals surface area contributed by atoms with Crippen molar-refractivity contribution < 1.29 is 27.4 Å². The summed E-state index contributed by atoms with van der Waals surface area (Å²) in [6.07, 6.45) is -2.51. The number of hydrogen-bond donors (Lipinski definition) is 1. The van der Waals surface area contributed by atoms with E-state index >= 15 is 0 Å². The van der Waals surface area contributed by atoms with Crippen LogP contribution in [0.5, 0.6) is 11.5 Å². The number of methoxy groups -OCH3 is 2. The van der Waals surface area contributed by atoms with Crippen LogP contribution in [-0.2, 0) is 12.7 Å². The Morgan fingerprint density at radius 1 is 1.18 bits per heavy atom. The summed E-state index contributed by atoms with van der Waals surface area (Å²) in [5.74, 6) is 0.359. The molecule has 12 heteroatoms. The van der Waals surface area contributed by atoms with Crippen molar-refractivity contribution in [2.45, 2.75) is 19.6 Å². The number of benzene rings is 1. The molecule has 0 aliphatic carbocycles. The monoisotopic (exact) mass is 498 g/mol. The van der Waals surface area contributed by atoms with Crippen molar-refractivity contribution in [1.29, 1.82) is 0 Å².